The van der Waals surface area contributed by atoms with Crippen molar-refractivity contribution in [3.8, 4) is 0 Å². The normalized spacial score (nSPS) is 18.9. The van der Waals surface area contributed by atoms with Gasteiger partial charge in [0.25, 0.3) is 0 Å². The molecule has 6 heteroatoms. The number of carbonyl (C=O) groups is 2. The Morgan fingerprint density at radius 2 is 2.00 bits per heavy atom. The number of hydrogen-bond donors (Lipinski definition) is 2. The molecule has 1 aliphatic heterocycles. The Hall–Kier alpha value is -1.14. The zero-order valence-corrected chi connectivity index (χ0v) is 11.2. The van der Waals surface area contributed by atoms with Gasteiger partial charge >= 0.3 is 0 Å². The van der Waals surface area contributed by atoms with Gasteiger partial charge in [-0.1, -0.05) is 0 Å². The summed E-state index contributed by atoms with van der Waals surface area (Å²) < 4.78 is 5.38. The molecule has 1 unspecified atom stereocenters. The summed E-state index contributed by atoms with van der Waals surface area (Å²) in [6.07, 6.45) is 2.03. The highest BCUT2D eigenvalue weighted by atomic mass is 16.5. The molecule has 0 aromatic carbocycles. The van der Waals surface area contributed by atoms with Crippen LogP contribution < -0.4 is 10.6 Å². The lowest BCUT2D eigenvalue weighted by molar-refractivity contribution is -0.129. The first-order chi connectivity index (χ1) is 8.58. The van der Waals surface area contributed by atoms with Crippen molar-refractivity contribution in [1.29, 1.82) is 0 Å². The second kappa shape index (κ2) is 8.05. The molecule has 0 aliphatic carbocycles. The van der Waals surface area contributed by atoms with Crippen molar-refractivity contribution in [2.75, 3.05) is 40.3 Å². The molecule has 0 bridgehead atoms. The van der Waals surface area contributed by atoms with Crippen LogP contribution >= 0.6 is 0 Å². The Labute approximate surface area is 108 Å². The minimum absolute atomic E-state index is 0.111. The van der Waals surface area contributed by atoms with Gasteiger partial charge in [-0.3, -0.25) is 9.59 Å². The van der Waals surface area contributed by atoms with E-state index >= 15 is 0 Å². The summed E-state index contributed by atoms with van der Waals surface area (Å²) in [5.41, 5.74) is 0. The fraction of sp³-hybridized carbons (Fsp3) is 0.833. The van der Waals surface area contributed by atoms with Crippen molar-refractivity contribution >= 4 is 11.8 Å². The Balaban J connectivity index is 2.05. The van der Waals surface area contributed by atoms with Gasteiger partial charge in [-0.05, 0) is 26.9 Å². The van der Waals surface area contributed by atoms with Gasteiger partial charge < -0.3 is 20.3 Å². The third-order valence-electron chi connectivity index (χ3n) is 2.75. The predicted molar refractivity (Wildman–Crippen MR) is 68.2 cm³/mol. The average molecular weight is 257 g/mol. The minimum Gasteiger partial charge on any atom is -0.376 e. The van der Waals surface area contributed by atoms with Gasteiger partial charge in [0.05, 0.1) is 6.10 Å². The van der Waals surface area contributed by atoms with E-state index < -0.39 is 0 Å². The molecule has 0 aromatic rings. The van der Waals surface area contributed by atoms with Gasteiger partial charge in [0.15, 0.2) is 0 Å². The Morgan fingerprint density at radius 3 is 2.61 bits per heavy atom. The number of amides is 2. The standard InChI is InChI=1S/C12H23N3O3/c1-15(2)6-5-13-11(16)8-12(17)14-9-10-4-3-7-18-10/h10H,3-9H2,1-2H3,(H,13,16)(H,14,17). The van der Waals surface area contributed by atoms with Crippen LogP contribution in [0.5, 0.6) is 0 Å². The van der Waals surface area contributed by atoms with Crippen LogP contribution in [0.4, 0.5) is 0 Å². The van der Waals surface area contributed by atoms with E-state index in [2.05, 4.69) is 10.6 Å². The van der Waals surface area contributed by atoms with Gasteiger partial charge in [-0.25, -0.2) is 0 Å². The van der Waals surface area contributed by atoms with Gasteiger partial charge in [0, 0.05) is 26.2 Å². The molecule has 1 fully saturated rings. The van der Waals surface area contributed by atoms with Crippen LogP contribution in [0, 0.1) is 0 Å². The number of hydrogen-bond acceptors (Lipinski definition) is 4. The molecule has 104 valence electrons. The highest BCUT2D eigenvalue weighted by Gasteiger charge is 2.17. The molecule has 1 atom stereocenters. The van der Waals surface area contributed by atoms with Crippen LogP contribution in [0.1, 0.15) is 19.3 Å². The van der Waals surface area contributed by atoms with E-state index in [4.69, 9.17) is 4.74 Å². The van der Waals surface area contributed by atoms with Crippen LogP contribution in [0.25, 0.3) is 0 Å². The predicted octanol–water partition coefficient (Wildman–Crippen LogP) is -0.650. The first-order valence-corrected chi connectivity index (χ1v) is 6.37. The Bertz CT molecular complexity index is 276. The van der Waals surface area contributed by atoms with Crippen LogP contribution in [0.3, 0.4) is 0 Å². The quantitative estimate of drug-likeness (QED) is 0.595. The smallest absolute Gasteiger partial charge is 0.229 e. The summed E-state index contributed by atoms with van der Waals surface area (Å²) in [5.74, 6) is -0.477. The van der Waals surface area contributed by atoms with E-state index in [0.29, 0.717) is 13.1 Å². The number of rotatable bonds is 7. The van der Waals surface area contributed by atoms with Gasteiger partial charge in [-0.2, -0.15) is 0 Å². The molecule has 2 N–H and O–H groups in total. The van der Waals surface area contributed by atoms with Crippen LogP contribution in [-0.4, -0.2) is 63.2 Å². The molecule has 1 saturated heterocycles. The average Bonchev–Trinajstić information content (AvgIpc) is 2.78. The van der Waals surface area contributed by atoms with Crippen LogP contribution in [0.2, 0.25) is 0 Å². The molecule has 1 rings (SSSR count). The minimum atomic E-state index is -0.243. The molecule has 2 amide bonds. The Morgan fingerprint density at radius 1 is 1.28 bits per heavy atom. The number of carbonyl (C=O) groups excluding carboxylic acids is 2. The molecule has 1 aliphatic rings. The van der Waals surface area contributed by atoms with Crippen LogP contribution in [0.15, 0.2) is 0 Å². The SMILES string of the molecule is CN(C)CCNC(=O)CC(=O)NCC1CCCO1. The Kier molecular flexibility index (Phi) is 6.67. The maximum atomic E-state index is 11.5. The van der Waals surface area contributed by atoms with E-state index in [0.717, 1.165) is 26.0 Å². The first-order valence-electron chi connectivity index (χ1n) is 6.37. The number of likely N-dealkylation sites (N-methyl/N-ethyl adjacent to an activating group) is 1. The van der Waals surface area contributed by atoms with Gasteiger partial charge in [0.2, 0.25) is 11.8 Å². The summed E-state index contributed by atoms with van der Waals surface area (Å²) in [6, 6.07) is 0. The van der Waals surface area contributed by atoms with Crippen molar-refractivity contribution < 1.29 is 14.3 Å². The first kappa shape index (κ1) is 14.9. The van der Waals surface area contributed by atoms with E-state index in [1.807, 2.05) is 19.0 Å². The van der Waals surface area contributed by atoms with E-state index in [9.17, 15) is 9.59 Å². The molecule has 18 heavy (non-hydrogen) atoms. The van der Waals surface area contributed by atoms with Crippen LogP contribution in [-0.2, 0) is 14.3 Å². The zero-order valence-electron chi connectivity index (χ0n) is 11.2. The summed E-state index contributed by atoms with van der Waals surface area (Å²) >= 11 is 0. The topological polar surface area (TPSA) is 70.7 Å². The molecule has 0 saturated carbocycles. The number of nitrogens with one attached hydrogen (secondary N) is 2. The monoisotopic (exact) mass is 257 g/mol. The lowest BCUT2D eigenvalue weighted by Crippen LogP contribution is -2.37. The highest BCUT2D eigenvalue weighted by Crippen LogP contribution is 2.10. The fourth-order valence-corrected chi connectivity index (χ4v) is 1.72. The molecular weight excluding hydrogens is 234 g/mol. The molecule has 0 aromatic heterocycles. The molecule has 6 nitrogen and oxygen atoms in total. The molecular formula is C12H23N3O3. The van der Waals surface area contributed by atoms with Crippen molar-refractivity contribution in [1.82, 2.24) is 15.5 Å². The molecule has 0 radical (unpaired) electrons. The second-order valence-corrected chi connectivity index (χ2v) is 4.77. The maximum Gasteiger partial charge on any atom is 0.229 e. The van der Waals surface area contributed by atoms with Crippen molar-refractivity contribution in [2.45, 2.75) is 25.4 Å². The van der Waals surface area contributed by atoms with Crippen molar-refractivity contribution in [3.63, 3.8) is 0 Å². The zero-order chi connectivity index (χ0) is 13.4. The van der Waals surface area contributed by atoms with Crippen molar-refractivity contribution in [2.24, 2.45) is 0 Å². The summed E-state index contributed by atoms with van der Waals surface area (Å²) in [7, 11) is 3.86. The maximum absolute atomic E-state index is 11.5. The van der Waals surface area contributed by atoms with E-state index in [1.165, 1.54) is 0 Å². The largest absolute Gasteiger partial charge is 0.376 e. The third-order valence-corrected chi connectivity index (χ3v) is 2.75. The summed E-state index contributed by atoms with van der Waals surface area (Å²) in [6.45, 7) is 2.60. The van der Waals surface area contributed by atoms with Gasteiger partial charge in [0.1, 0.15) is 6.42 Å². The lowest BCUT2D eigenvalue weighted by Gasteiger charge is -2.12. The fourth-order valence-electron chi connectivity index (χ4n) is 1.72. The lowest BCUT2D eigenvalue weighted by atomic mass is 10.2. The molecule has 1 heterocycles. The number of nitrogens with zero attached hydrogens (tertiary/aromatic N) is 1. The number of ether oxygens (including phenoxy) is 1. The highest BCUT2D eigenvalue weighted by molar-refractivity contribution is 5.96. The third kappa shape index (κ3) is 6.56. The summed E-state index contributed by atoms with van der Waals surface area (Å²) in [5, 5.41) is 5.42. The van der Waals surface area contributed by atoms with Gasteiger partial charge in [-0.15, -0.1) is 0 Å². The summed E-state index contributed by atoms with van der Waals surface area (Å²) in [4.78, 5) is 24.8. The second-order valence-electron chi connectivity index (χ2n) is 4.77. The van der Waals surface area contributed by atoms with E-state index in [-0.39, 0.29) is 24.3 Å². The van der Waals surface area contributed by atoms with E-state index in [1.54, 1.807) is 0 Å². The van der Waals surface area contributed by atoms with Crippen molar-refractivity contribution in [3.05, 3.63) is 0 Å². The molecule has 0 spiro atoms.